The number of nitrogens with zero attached hydrogens (tertiary/aromatic N) is 4. The molecule has 0 amide bonds. The number of ether oxygens (including phenoxy) is 2. The molecule has 2 aromatic rings. The van der Waals surface area contributed by atoms with E-state index < -0.39 is 0 Å². The molecule has 0 aliphatic carbocycles. The van der Waals surface area contributed by atoms with Crippen molar-refractivity contribution in [1.29, 1.82) is 0 Å². The monoisotopic (exact) mass is 407 g/mol. The predicted octanol–water partition coefficient (Wildman–Crippen LogP) is 2.60. The van der Waals surface area contributed by atoms with Gasteiger partial charge in [-0.15, -0.1) is 0 Å². The van der Waals surface area contributed by atoms with Gasteiger partial charge in [0.2, 0.25) is 11.8 Å². The Morgan fingerprint density at radius 3 is 2.96 bits per heavy atom. The fraction of sp³-hybridized carbons (Fsp3) is 0.579. The van der Waals surface area contributed by atoms with Gasteiger partial charge in [-0.2, -0.15) is 9.37 Å². The number of nitrogens with one attached hydrogen (secondary N) is 1. The van der Waals surface area contributed by atoms with Gasteiger partial charge >= 0.3 is 0 Å². The Morgan fingerprint density at radius 2 is 2.21 bits per heavy atom. The molecular weight excluding hydrogens is 381 g/mol. The molecule has 2 aliphatic rings. The second-order valence-corrected chi connectivity index (χ2v) is 8.27. The van der Waals surface area contributed by atoms with Crippen LogP contribution in [0.25, 0.3) is 0 Å². The summed E-state index contributed by atoms with van der Waals surface area (Å²) in [6.07, 6.45) is 2.73. The SMILES string of the molecule is CNc1nc(F)c(CN2CC(Oc3cc(N4CCOCC4)ccn3)CC2C)s1. The zero-order chi connectivity index (χ0) is 19.5. The fourth-order valence-corrected chi connectivity index (χ4v) is 4.55. The number of likely N-dealkylation sites (tertiary alicyclic amines) is 1. The van der Waals surface area contributed by atoms with Crippen molar-refractivity contribution in [1.82, 2.24) is 14.9 Å². The molecule has 0 saturated carbocycles. The second-order valence-electron chi connectivity index (χ2n) is 7.19. The van der Waals surface area contributed by atoms with Crippen molar-refractivity contribution in [2.75, 3.05) is 50.1 Å². The van der Waals surface area contributed by atoms with E-state index in [9.17, 15) is 4.39 Å². The van der Waals surface area contributed by atoms with Gasteiger partial charge in [-0.3, -0.25) is 4.90 Å². The van der Waals surface area contributed by atoms with Crippen LogP contribution in [0.2, 0.25) is 0 Å². The Morgan fingerprint density at radius 1 is 1.39 bits per heavy atom. The number of halogens is 1. The van der Waals surface area contributed by atoms with Gasteiger partial charge < -0.3 is 19.7 Å². The number of anilines is 2. The van der Waals surface area contributed by atoms with Crippen molar-refractivity contribution in [2.45, 2.75) is 32.0 Å². The van der Waals surface area contributed by atoms with Gasteiger partial charge in [-0.1, -0.05) is 11.3 Å². The Hall–Kier alpha value is -1.97. The number of hydrogen-bond donors (Lipinski definition) is 1. The average Bonchev–Trinajstić information content (AvgIpc) is 3.24. The smallest absolute Gasteiger partial charge is 0.230 e. The highest BCUT2D eigenvalue weighted by Crippen LogP contribution is 2.29. The van der Waals surface area contributed by atoms with E-state index in [2.05, 4.69) is 32.0 Å². The molecule has 0 aromatic carbocycles. The third-order valence-corrected chi connectivity index (χ3v) is 6.29. The van der Waals surface area contributed by atoms with Gasteiger partial charge in [0.25, 0.3) is 0 Å². The topological polar surface area (TPSA) is 62.8 Å². The first-order chi connectivity index (χ1) is 13.6. The standard InChI is InChI=1S/C19H26FN5O2S/c1-13-9-15(11-25(13)12-16-18(20)23-19(21-2)28-16)27-17-10-14(3-4-22-17)24-5-7-26-8-6-24/h3-4,10,13,15H,5-9,11-12H2,1-2H3,(H,21,23). The summed E-state index contributed by atoms with van der Waals surface area (Å²) in [6.45, 7) is 6.70. The van der Waals surface area contributed by atoms with E-state index in [0.717, 1.165) is 45.0 Å². The minimum Gasteiger partial charge on any atom is -0.473 e. The van der Waals surface area contributed by atoms with E-state index in [1.807, 2.05) is 12.1 Å². The summed E-state index contributed by atoms with van der Waals surface area (Å²) >= 11 is 1.36. The lowest BCUT2D eigenvalue weighted by atomic mass is 10.2. The number of hydrogen-bond acceptors (Lipinski definition) is 8. The molecule has 7 nitrogen and oxygen atoms in total. The van der Waals surface area contributed by atoms with Crippen LogP contribution >= 0.6 is 11.3 Å². The zero-order valence-electron chi connectivity index (χ0n) is 16.2. The minimum atomic E-state index is -0.384. The molecule has 2 unspecified atom stereocenters. The minimum absolute atomic E-state index is 0.0437. The highest BCUT2D eigenvalue weighted by atomic mass is 32.1. The highest BCUT2D eigenvalue weighted by Gasteiger charge is 2.32. The number of rotatable bonds is 6. The van der Waals surface area contributed by atoms with Crippen LogP contribution in [0.15, 0.2) is 18.3 Å². The van der Waals surface area contributed by atoms with Crippen LogP contribution < -0.4 is 15.0 Å². The number of pyridine rings is 1. The molecule has 4 rings (SSSR count). The molecular formula is C19H26FN5O2S. The number of thiazole rings is 1. The number of aromatic nitrogens is 2. The first-order valence-corrected chi connectivity index (χ1v) is 10.5. The fourth-order valence-electron chi connectivity index (χ4n) is 3.73. The van der Waals surface area contributed by atoms with Gasteiger partial charge in [0, 0.05) is 63.6 Å². The van der Waals surface area contributed by atoms with Crippen LogP contribution in [0.4, 0.5) is 15.2 Å². The lowest BCUT2D eigenvalue weighted by Gasteiger charge is -2.29. The molecule has 2 saturated heterocycles. The van der Waals surface area contributed by atoms with Crippen LogP contribution in [-0.4, -0.2) is 66.9 Å². The van der Waals surface area contributed by atoms with Gasteiger partial charge in [-0.05, 0) is 13.0 Å². The molecule has 28 heavy (non-hydrogen) atoms. The normalized spacial score (nSPS) is 23.2. The molecule has 0 spiro atoms. The van der Waals surface area contributed by atoms with Crippen molar-refractivity contribution in [3.8, 4) is 5.88 Å². The van der Waals surface area contributed by atoms with Gasteiger partial charge in [-0.25, -0.2) is 4.98 Å². The lowest BCUT2D eigenvalue weighted by Crippen LogP contribution is -2.36. The first kappa shape index (κ1) is 19.4. The van der Waals surface area contributed by atoms with Crippen molar-refractivity contribution >= 4 is 22.2 Å². The molecule has 2 atom stereocenters. The molecule has 2 fully saturated rings. The van der Waals surface area contributed by atoms with E-state index in [1.54, 1.807) is 13.2 Å². The van der Waals surface area contributed by atoms with E-state index in [0.29, 0.717) is 28.5 Å². The third-order valence-electron chi connectivity index (χ3n) is 5.26. The van der Waals surface area contributed by atoms with Crippen LogP contribution in [-0.2, 0) is 11.3 Å². The van der Waals surface area contributed by atoms with Crippen molar-refractivity contribution in [3.05, 3.63) is 29.2 Å². The van der Waals surface area contributed by atoms with Crippen molar-refractivity contribution < 1.29 is 13.9 Å². The van der Waals surface area contributed by atoms with E-state index in [4.69, 9.17) is 9.47 Å². The van der Waals surface area contributed by atoms with Crippen molar-refractivity contribution in [3.63, 3.8) is 0 Å². The molecule has 152 valence electrons. The predicted molar refractivity (Wildman–Crippen MR) is 108 cm³/mol. The average molecular weight is 408 g/mol. The lowest BCUT2D eigenvalue weighted by molar-refractivity contribution is 0.122. The highest BCUT2D eigenvalue weighted by molar-refractivity contribution is 7.15. The molecule has 4 heterocycles. The molecule has 2 aromatic heterocycles. The summed E-state index contributed by atoms with van der Waals surface area (Å²) in [5, 5.41) is 3.51. The summed E-state index contributed by atoms with van der Waals surface area (Å²) < 4.78 is 25.6. The quantitative estimate of drug-likeness (QED) is 0.790. The Balaban J connectivity index is 1.37. The second kappa shape index (κ2) is 8.59. The van der Waals surface area contributed by atoms with E-state index in [-0.39, 0.29) is 12.1 Å². The Labute approximate surface area is 168 Å². The maximum absolute atomic E-state index is 14.0. The molecule has 9 heteroatoms. The van der Waals surface area contributed by atoms with Crippen molar-refractivity contribution in [2.24, 2.45) is 0 Å². The summed E-state index contributed by atoms with van der Waals surface area (Å²) in [6, 6.07) is 4.32. The Kier molecular flexibility index (Phi) is 5.93. The van der Waals surface area contributed by atoms with Gasteiger partial charge in [0.1, 0.15) is 6.10 Å². The Bertz CT molecular complexity index is 798. The van der Waals surface area contributed by atoms with Crippen LogP contribution in [0.5, 0.6) is 5.88 Å². The molecule has 1 N–H and O–H groups in total. The van der Waals surface area contributed by atoms with Gasteiger partial charge in [0.05, 0.1) is 18.1 Å². The van der Waals surface area contributed by atoms with Crippen LogP contribution in [0.3, 0.4) is 0 Å². The molecule has 2 aliphatic heterocycles. The van der Waals surface area contributed by atoms with Gasteiger partial charge in [0.15, 0.2) is 5.13 Å². The summed E-state index contributed by atoms with van der Waals surface area (Å²) in [5.41, 5.74) is 1.11. The summed E-state index contributed by atoms with van der Waals surface area (Å²) in [4.78, 5) is 13.5. The largest absolute Gasteiger partial charge is 0.473 e. The molecule has 0 radical (unpaired) electrons. The summed E-state index contributed by atoms with van der Waals surface area (Å²) in [7, 11) is 1.75. The maximum atomic E-state index is 14.0. The van der Waals surface area contributed by atoms with E-state index >= 15 is 0 Å². The maximum Gasteiger partial charge on any atom is 0.230 e. The molecule has 0 bridgehead atoms. The zero-order valence-corrected chi connectivity index (χ0v) is 17.0. The van der Waals surface area contributed by atoms with Crippen LogP contribution in [0, 0.1) is 5.95 Å². The van der Waals surface area contributed by atoms with Crippen LogP contribution in [0.1, 0.15) is 18.2 Å². The third kappa shape index (κ3) is 4.37. The first-order valence-electron chi connectivity index (χ1n) is 9.65. The van der Waals surface area contributed by atoms with E-state index in [1.165, 1.54) is 11.3 Å². The number of morpholine rings is 1. The summed E-state index contributed by atoms with van der Waals surface area (Å²) in [5.74, 6) is 0.260.